The number of rotatable bonds is 6. The van der Waals surface area contributed by atoms with E-state index < -0.39 is 15.7 Å². The molecule has 98 valence electrons. The van der Waals surface area contributed by atoms with E-state index in [2.05, 4.69) is 13.5 Å². The summed E-state index contributed by atoms with van der Waals surface area (Å²) >= 11 is 0. The van der Waals surface area contributed by atoms with Gasteiger partial charge in [0.05, 0.1) is 10.8 Å². The van der Waals surface area contributed by atoms with Crippen LogP contribution in [-0.2, 0) is 15.5 Å². The van der Waals surface area contributed by atoms with Crippen molar-refractivity contribution in [3.8, 4) is 0 Å². The van der Waals surface area contributed by atoms with Gasteiger partial charge in [-0.25, -0.2) is 0 Å². The highest BCUT2D eigenvalue weighted by molar-refractivity contribution is 7.86. The van der Waals surface area contributed by atoms with Crippen molar-refractivity contribution < 1.29 is 8.95 Å². The number of ether oxygens (including phenoxy) is 1. The lowest BCUT2D eigenvalue weighted by molar-refractivity contribution is 0.362. The van der Waals surface area contributed by atoms with E-state index >= 15 is 0 Å². The van der Waals surface area contributed by atoms with Gasteiger partial charge in [0.2, 0.25) is 0 Å². The first-order valence-electron chi connectivity index (χ1n) is 6.44. The van der Waals surface area contributed by atoms with Crippen molar-refractivity contribution in [3.63, 3.8) is 0 Å². The molecule has 0 amide bonds. The van der Waals surface area contributed by atoms with Gasteiger partial charge in [0, 0.05) is 4.90 Å². The normalized spacial score (nSPS) is 27.8. The van der Waals surface area contributed by atoms with Crippen LogP contribution in [0.1, 0.15) is 31.7 Å². The lowest BCUT2D eigenvalue weighted by Crippen LogP contribution is -2.19. The fraction of sp³-hybridized carbons (Fsp3) is 0.467. The van der Waals surface area contributed by atoms with Gasteiger partial charge in [-0.05, 0) is 31.6 Å². The van der Waals surface area contributed by atoms with Crippen LogP contribution in [0.3, 0.4) is 0 Å². The second-order valence-corrected chi connectivity index (χ2v) is 6.40. The predicted octanol–water partition coefficient (Wildman–Crippen LogP) is 3.57. The van der Waals surface area contributed by atoms with E-state index in [-0.39, 0.29) is 6.10 Å². The highest BCUT2D eigenvalue weighted by Crippen LogP contribution is 2.46. The molecule has 0 aliphatic carbocycles. The number of benzene rings is 1. The Balaban J connectivity index is 2.12. The van der Waals surface area contributed by atoms with Crippen LogP contribution in [0.25, 0.3) is 0 Å². The number of hydrogen-bond donors (Lipinski definition) is 0. The Hall–Kier alpha value is -0.930. The van der Waals surface area contributed by atoms with Crippen molar-refractivity contribution in [2.24, 2.45) is 0 Å². The minimum atomic E-state index is -1.16. The summed E-state index contributed by atoms with van der Waals surface area (Å²) in [5.41, 5.74) is 1.17. The number of unbranched alkanes of at least 4 members (excludes halogenated alkanes) is 1. The van der Waals surface area contributed by atoms with E-state index in [0.717, 1.165) is 24.2 Å². The van der Waals surface area contributed by atoms with Gasteiger partial charge in [0.25, 0.3) is 0 Å². The van der Waals surface area contributed by atoms with Crippen LogP contribution in [0.5, 0.6) is 0 Å². The molecule has 1 heterocycles. The first-order chi connectivity index (χ1) is 8.64. The van der Waals surface area contributed by atoms with Gasteiger partial charge in [-0.3, -0.25) is 4.21 Å². The topological polar surface area (TPSA) is 29.6 Å². The molecule has 0 bridgehead atoms. The minimum Gasteiger partial charge on any atom is -0.347 e. The summed E-state index contributed by atoms with van der Waals surface area (Å²) in [5, 5.41) is 0. The molecule has 3 heteroatoms. The maximum atomic E-state index is 12.6. The fourth-order valence-corrected chi connectivity index (χ4v) is 3.57. The molecule has 1 aliphatic heterocycles. The average molecular weight is 264 g/mol. The molecule has 3 atom stereocenters. The van der Waals surface area contributed by atoms with E-state index in [4.69, 9.17) is 4.74 Å². The van der Waals surface area contributed by atoms with E-state index in [9.17, 15) is 4.21 Å². The number of aryl methyl sites for hydroxylation is 1. The molecule has 1 fully saturated rings. The van der Waals surface area contributed by atoms with Crippen LogP contribution in [0.2, 0.25) is 0 Å². The Kier molecular flexibility index (Phi) is 4.03. The van der Waals surface area contributed by atoms with E-state index in [1.165, 1.54) is 5.56 Å². The van der Waals surface area contributed by atoms with Crippen LogP contribution in [-0.4, -0.2) is 15.2 Å². The highest BCUT2D eigenvalue weighted by atomic mass is 32.2. The quantitative estimate of drug-likeness (QED) is 0.580. The van der Waals surface area contributed by atoms with Crippen molar-refractivity contribution >= 4 is 10.8 Å². The van der Waals surface area contributed by atoms with Gasteiger partial charge in [0.1, 0.15) is 6.10 Å². The molecule has 0 spiro atoms. The molecule has 2 nitrogen and oxygen atoms in total. The predicted molar refractivity (Wildman–Crippen MR) is 74.9 cm³/mol. The standard InChI is InChI=1S/C15H20O2S/c1-4-6-7-14-15(5-2,17-14)18(16)13-10-8-12(3)9-11-13/h5,8-11,14H,2,4,6-7H2,1,3H3/t14-,15-,18?/m0/s1. The Bertz CT molecular complexity index is 452. The summed E-state index contributed by atoms with van der Waals surface area (Å²) in [6.07, 6.45) is 4.97. The van der Waals surface area contributed by atoms with Crippen LogP contribution in [0.4, 0.5) is 0 Å². The Morgan fingerprint density at radius 2 is 2.11 bits per heavy atom. The molecule has 1 unspecified atom stereocenters. The lowest BCUT2D eigenvalue weighted by atomic mass is 10.1. The summed E-state index contributed by atoms with van der Waals surface area (Å²) in [6.45, 7) is 7.97. The molecule has 18 heavy (non-hydrogen) atoms. The molecule has 0 radical (unpaired) electrons. The molecule has 1 aromatic carbocycles. The van der Waals surface area contributed by atoms with Gasteiger partial charge < -0.3 is 4.74 Å². The molecule has 0 aromatic heterocycles. The van der Waals surface area contributed by atoms with E-state index in [1.54, 1.807) is 6.08 Å². The van der Waals surface area contributed by atoms with Gasteiger partial charge in [-0.1, -0.05) is 44.0 Å². The zero-order valence-electron chi connectivity index (χ0n) is 11.0. The monoisotopic (exact) mass is 264 g/mol. The molecule has 0 saturated carbocycles. The summed E-state index contributed by atoms with van der Waals surface area (Å²) in [7, 11) is -1.16. The van der Waals surface area contributed by atoms with Crippen molar-refractivity contribution in [1.82, 2.24) is 0 Å². The molecular weight excluding hydrogens is 244 g/mol. The van der Waals surface area contributed by atoms with Crippen molar-refractivity contribution in [2.75, 3.05) is 0 Å². The molecule has 1 aromatic rings. The maximum Gasteiger partial charge on any atom is 0.191 e. The van der Waals surface area contributed by atoms with E-state index in [1.807, 2.05) is 31.2 Å². The van der Waals surface area contributed by atoms with E-state index in [0.29, 0.717) is 0 Å². The fourth-order valence-electron chi connectivity index (χ4n) is 2.10. The highest BCUT2D eigenvalue weighted by Gasteiger charge is 2.58. The molecule has 1 aliphatic rings. The third kappa shape index (κ3) is 2.43. The van der Waals surface area contributed by atoms with Crippen molar-refractivity contribution in [2.45, 2.75) is 49.0 Å². The van der Waals surface area contributed by atoms with Crippen LogP contribution in [0, 0.1) is 6.92 Å². The summed E-state index contributed by atoms with van der Waals surface area (Å²) in [4.78, 5) is 0.171. The Morgan fingerprint density at radius 1 is 1.44 bits per heavy atom. The Morgan fingerprint density at radius 3 is 2.67 bits per heavy atom. The van der Waals surface area contributed by atoms with Gasteiger partial charge in [-0.2, -0.15) is 0 Å². The average Bonchev–Trinajstić information content (AvgIpc) is 3.11. The SMILES string of the molecule is C=C[C@@]1(S(=O)c2ccc(C)cc2)O[C@H]1CCCC. The van der Waals surface area contributed by atoms with Gasteiger partial charge in [0.15, 0.2) is 4.93 Å². The smallest absolute Gasteiger partial charge is 0.191 e. The maximum absolute atomic E-state index is 12.6. The van der Waals surface area contributed by atoms with Crippen molar-refractivity contribution in [3.05, 3.63) is 42.5 Å². The molecule has 1 saturated heterocycles. The number of epoxide rings is 1. The molecule has 0 N–H and O–H groups in total. The van der Waals surface area contributed by atoms with Crippen LogP contribution >= 0.6 is 0 Å². The van der Waals surface area contributed by atoms with Gasteiger partial charge in [-0.15, -0.1) is 0 Å². The zero-order chi connectivity index (χ0) is 13.2. The molecular formula is C15H20O2S. The largest absolute Gasteiger partial charge is 0.347 e. The lowest BCUT2D eigenvalue weighted by Gasteiger charge is -2.08. The second kappa shape index (κ2) is 5.37. The first kappa shape index (κ1) is 13.5. The zero-order valence-corrected chi connectivity index (χ0v) is 11.8. The van der Waals surface area contributed by atoms with Gasteiger partial charge >= 0.3 is 0 Å². The summed E-state index contributed by atoms with van der Waals surface area (Å²) in [5.74, 6) is 0. The Labute approximate surface area is 112 Å². The number of hydrogen-bond acceptors (Lipinski definition) is 2. The van der Waals surface area contributed by atoms with Crippen molar-refractivity contribution in [1.29, 1.82) is 0 Å². The summed E-state index contributed by atoms with van der Waals surface area (Å²) < 4.78 is 18.2. The first-order valence-corrected chi connectivity index (χ1v) is 7.59. The van der Waals surface area contributed by atoms with Crippen LogP contribution in [0.15, 0.2) is 41.8 Å². The minimum absolute atomic E-state index is 0.0667. The third-order valence-electron chi connectivity index (χ3n) is 3.35. The summed E-state index contributed by atoms with van der Waals surface area (Å²) in [6, 6.07) is 7.78. The second-order valence-electron chi connectivity index (χ2n) is 4.76. The molecule has 2 rings (SSSR count). The van der Waals surface area contributed by atoms with Crippen LogP contribution < -0.4 is 0 Å². The third-order valence-corrected chi connectivity index (χ3v) is 5.15.